The van der Waals surface area contributed by atoms with Gasteiger partial charge >= 0.3 is 0 Å². The van der Waals surface area contributed by atoms with Crippen molar-refractivity contribution in [2.45, 2.75) is 32.7 Å². The van der Waals surface area contributed by atoms with Gasteiger partial charge in [-0.25, -0.2) is 0 Å². The largest absolute Gasteiger partial charge is 0.468 e. The summed E-state index contributed by atoms with van der Waals surface area (Å²) in [4.78, 5) is 11.3. The average Bonchev–Trinajstić information content (AvgIpc) is 2.77. The molecule has 0 spiro atoms. The summed E-state index contributed by atoms with van der Waals surface area (Å²) in [7, 11) is 0. The van der Waals surface area contributed by atoms with Gasteiger partial charge in [0, 0.05) is 6.54 Å². The molecule has 0 radical (unpaired) electrons. The Morgan fingerprint density at radius 3 is 3.00 bits per heavy atom. The van der Waals surface area contributed by atoms with E-state index < -0.39 is 0 Å². The van der Waals surface area contributed by atoms with Crippen LogP contribution in [-0.2, 0) is 11.3 Å². The van der Waals surface area contributed by atoms with E-state index in [0.29, 0.717) is 13.1 Å². The lowest BCUT2D eigenvalue weighted by Crippen LogP contribution is -2.34. The molecule has 0 bridgehead atoms. The quantitative estimate of drug-likeness (QED) is 0.660. The van der Waals surface area contributed by atoms with Gasteiger partial charge < -0.3 is 15.1 Å². The Kier molecular flexibility index (Phi) is 6.33. The SMILES string of the molecule is CCCCCNC(=O)CNCc1ccco1. The van der Waals surface area contributed by atoms with Crippen LogP contribution in [0.5, 0.6) is 0 Å². The van der Waals surface area contributed by atoms with Crippen LogP contribution in [0, 0.1) is 0 Å². The first-order chi connectivity index (χ1) is 7.83. The molecule has 0 aliphatic carbocycles. The monoisotopic (exact) mass is 224 g/mol. The molecule has 1 amide bonds. The van der Waals surface area contributed by atoms with Crippen molar-refractivity contribution in [2.24, 2.45) is 0 Å². The number of hydrogen-bond acceptors (Lipinski definition) is 3. The molecule has 1 rings (SSSR count). The third-order valence-electron chi connectivity index (χ3n) is 2.27. The van der Waals surface area contributed by atoms with E-state index in [1.54, 1.807) is 6.26 Å². The second kappa shape index (κ2) is 7.93. The fraction of sp³-hybridized carbons (Fsp3) is 0.583. The molecule has 90 valence electrons. The highest BCUT2D eigenvalue weighted by molar-refractivity contribution is 5.77. The molecule has 0 aromatic carbocycles. The van der Waals surface area contributed by atoms with Crippen LogP contribution >= 0.6 is 0 Å². The number of furan rings is 1. The van der Waals surface area contributed by atoms with Crippen LogP contribution in [-0.4, -0.2) is 19.0 Å². The fourth-order valence-electron chi connectivity index (χ4n) is 1.38. The number of rotatable bonds is 8. The normalized spacial score (nSPS) is 10.3. The van der Waals surface area contributed by atoms with Gasteiger partial charge in [-0.3, -0.25) is 4.79 Å². The Morgan fingerprint density at radius 1 is 1.44 bits per heavy atom. The van der Waals surface area contributed by atoms with Gasteiger partial charge in [0.25, 0.3) is 0 Å². The van der Waals surface area contributed by atoms with Crippen molar-refractivity contribution in [3.63, 3.8) is 0 Å². The standard InChI is InChI=1S/C12H20N2O2/c1-2-3-4-7-14-12(15)10-13-9-11-6-5-8-16-11/h5-6,8,13H,2-4,7,9-10H2,1H3,(H,14,15). The highest BCUT2D eigenvalue weighted by Crippen LogP contribution is 1.97. The van der Waals surface area contributed by atoms with E-state index in [4.69, 9.17) is 4.42 Å². The van der Waals surface area contributed by atoms with Gasteiger partial charge in [-0.1, -0.05) is 19.8 Å². The molecule has 0 saturated carbocycles. The van der Waals surface area contributed by atoms with Crippen LogP contribution in [0.15, 0.2) is 22.8 Å². The molecule has 1 heterocycles. The van der Waals surface area contributed by atoms with Crippen LogP contribution in [0.2, 0.25) is 0 Å². The van der Waals surface area contributed by atoms with Crippen molar-refractivity contribution in [1.29, 1.82) is 0 Å². The zero-order valence-electron chi connectivity index (χ0n) is 9.79. The first-order valence-corrected chi connectivity index (χ1v) is 5.82. The van der Waals surface area contributed by atoms with E-state index in [9.17, 15) is 4.79 Å². The number of nitrogens with one attached hydrogen (secondary N) is 2. The number of unbranched alkanes of at least 4 members (excludes halogenated alkanes) is 2. The topological polar surface area (TPSA) is 54.3 Å². The van der Waals surface area contributed by atoms with Gasteiger partial charge in [0.2, 0.25) is 5.91 Å². The van der Waals surface area contributed by atoms with Crippen LogP contribution < -0.4 is 10.6 Å². The molecule has 1 aromatic heterocycles. The summed E-state index contributed by atoms with van der Waals surface area (Å²) in [6.07, 6.45) is 5.02. The van der Waals surface area contributed by atoms with Gasteiger partial charge in [-0.2, -0.15) is 0 Å². The first-order valence-electron chi connectivity index (χ1n) is 5.82. The van der Waals surface area contributed by atoms with E-state index >= 15 is 0 Å². The van der Waals surface area contributed by atoms with E-state index in [-0.39, 0.29) is 5.91 Å². The number of amides is 1. The minimum absolute atomic E-state index is 0.0441. The number of carbonyl (C=O) groups excluding carboxylic acids is 1. The predicted octanol–water partition coefficient (Wildman–Crippen LogP) is 1.68. The third kappa shape index (κ3) is 5.56. The van der Waals surface area contributed by atoms with Crippen molar-refractivity contribution in [3.8, 4) is 0 Å². The average molecular weight is 224 g/mol. The molecule has 0 saturated heterocycles. The maximum absolute atomic E-state index is 11.3. The molecule has 16 heavy (non-hydrogen) atoms. The van der Waals surface area contributed by atoms with Crippen molar-refractivity contribution >= 4 is 5.91 Å². The molecule has 1 aromatic rings. The maximum atomic E-state index is 11.3. The number of hydrogen-bond donors (Lipinski definition) is 2. The molecular formula is C12H20N2O2. The van der Waals surface area contributed by atoms with E-state index in [1.165, 1.54) is 12.8 Å². The zero-order valence-corrected chi connectivity index (χ0v) is 9.79. The highest BCUT2D eigenvalue weighted by Gasteiger charge is 2.00. The molecule has 4 nitrogen and oxygen atoms in total. The van der Waals surface area contributed by atoms with E-state index in [2.05, 4.69) is 17.6 Å². The van der Waals surface area contributed by atoms with Crippen molar-refractivity contribution in [1.82, 2.24) is 10.6 Å². The van der Waals surface area contributed by atoms with Crippen LogP contribution in [0.25, 0.3) is 0 Å². The molecule has 2 N–H and O–H groups in total. The lowest BCUT2D eigenvalue weighted by atomic mass is 10.2. The Labute approximate surface area is 96.4 Å². The van der Waals surface area contributed by atoms with Crippen molar-refractivity contribution in [3.05, 3.63) is 24.2 Å². The third-order valence-corrected chi connectivity index (χ3v) is 2.27. The Balaban J connectivity index is 1.98. The summed E-state index contributed by atoms with van der Waals surface area (Å²) in [6, 6.07) is 3.72. The Bertz CT molecular complexity index is 283. The summed E-state index contributed by atoms with van der Waals surface area (Å²) >= 11 is 0. The molecule has 4 heteroatoms. The zero-order chi connectivity index (χ0) is 11.6. The summed E-state index contributed by atoms with van der Waals surface area (Å²) in [5.74, 6) is 0.890. The lowest BCUT2D eigenvalue weighted by Gasteiger charge is -2.05. The Hall–Kier alpha value is -1.29. The number of carbonyl (C=O) groups is 1. The summed E-state index contributed by atoms with van der Waals surface area (Å²) in [5.41, 5.74) is 0. The van der Waals surface area contributed by atoms with Crippen LogP contribution in [0.3, 0.4) is 0 Å². The van der Waals surface area contributed by atoms with Gasteiger partial charge in [-0.05, 0) is 18.6 Å². The summed E-state index contributed by atoms with van der Waals surface area (Å²) in [6.45, 7) is 3.85. The first kappa shape index (κ1) is 12.8. The minimum atomic E-state index is 0.0441. The van der Waals surface area contributed by atoms with Gasteiger partial charge in [0.1, 0.15) is 5.76 Å². The highest BCUT2D eigenvalue weighted by atomic mass is 16.3. The molecule has 0 unspecified atom stereocenters. The fourth-order valence-corrected chi connectivity index (χ4v) is 1.38. The van der Waals surface area contributed by atoms with E-state index in [1.807, 2.05) is 12.1 Å². The van der Waals surface area contributed by atoms with E-state index in [0.717, 1.165) is 18.7 Å². The Morgan fingerprint density at radius 2 is 2.31 bits per heavy atom. The molecule has 0 fully saturated rings. The van der Waals surface area contributed by atoms with Crippen molar-refractivity contribution < 1.29 is 9.21 Å². The summed E-state index contributed by atoms with van der Waals surface area (Å²) < 4.78 is 5.13. The van der Waals surface area contributed by atoms with Gasteiger partial charge in [-0.15, -0.1) is 0 Å². The van der Waals surface area contributed by atoms with Crippen molar-refractivity contribution in [2.75, 3.05) is 13.1 Å². The molecule has 0 atom stereocenters. The smallest absolute Gasteiger partial charge is 0.233 e. The lowest BCUT2D eigenvalue weighted by molar-refractivity contribution is -0.120. The second-order valence-electron chi connectivity index (χ2n) is 3.74. The summed E-state index contributed by atoms with van der Waals surface area (Å²) in [5, 5.41) is 5.89. The maximum Gasteiger partial charge on any atom is 0.233 e. The minimum Gasteiger partial charge on any atom is -0.468 e. The molecule has 0 aliphatic heterocycles. The predicted molar refractivity (Wildman–Crippen MR) is 62.9 cm³/mol. The van der Waals surface area contributed by atoms with Gasteiger partial charge in [0.05, 0.1) is 19.4 Å². The molecular weight excluding hydrogens is 204 g/mol. The van der Waals surface area contributed by atoms with Gasteiger partial charge in [0.15, 0.2) is 0 Å². The second-order valence-corrected chi connectivity index (χ2v) is 3.74. The van der Waals surface area contributed by atoms with Crippen LogP contribution in [0.1, 0.15) is 31.9 Å². The van der Waals surface area contributed by atoms with Crippen LogP contribution in [0.4, 0.5) is 0 Å². The molecule has 0 aliphatic rings.